The summed E-state index contributed by atoms with van der Waals surface area (Å²) in [5, 5.41) is 3.06. The van der Waals surface area contributed by atoms with Gasteiger partial charge in [0.15, 0.2) is 0 Å². The fourth-order valence-corrected chi connectivity index (χ4v) is 1.10. The smallest absolute Gasteiger partial charge is 0.142 e. The van der Waals surface area contributed by atoms with E-state index in [-0.39, 0.29) is 0 Å². The minimum Gasteiger partial charge on any atom is -0.497 e. The van der Waals surface area contributed by atoms with Crippen LogP contribution in [0.15, 0.2) is 18.2 Å². The number of benzene rings is 1. The van der Waals surface area contributed by atoms with Crippen molar-refractivity contribution in [2.24, 2.45) is 0 Å². The van der Waals surface area contributed by atoms with Crippen molar-refractivity contribution in [3.63, 3.8) is 0 Å². The van der Waals surface area contributed by atoms with Gasteiger partial charge < -0.3 is 19.5 Å². The zero-order chi connectivity index (χ0) is 10.4. The molecule has 0 bridgehead atoms. The van der Waals surface area contributed by atoms with Gasteiger partial charge in [0.2, 0.25) is 0 Å². The Bertz CT molecular complexity index is 289. The van der Waals surface area contributed by atoms with Crippen LogP contribution in [0.3, 0.4) is 0 Å². The third-order valence-electron chi connectivity index (χ3n) is 1.81. The van der Waals surface area contributed by atoms with Gasteiger partial charge in [0.25, 0.3) is 0 Å². The predicted molar refractivity (Wildman–Crippen MR) is 55.0 cm³/mol. The summed E-state index contributed by atoms with van der Waals surface area (Å²) in [7, 11) is 4.88. The van der Waals surface area contributed by atoms with Crippen molar-refractivity contribution in [3.8, 4) is 11.5 Å². The topological polar surface area (TPSA) is 39.7 Å². The first-order valence-corrected chi connectivity index (χ1v) is 4.26. The van der Waals surface area contributed by atoms with Crippen LogP contribution >= 0.6 is 0 Å². The Morgan fingerprint density at radius 1 is 1.14 bits per heavy atom. The fraction of sp³-hybridized carbons (Fsp3) is 0.400. The van der Waals surface area contributed by atoms with Crippen LogP contribution in [0.25, 0.3) is 0 Å². The molecule has 78 valence electrons. The van der Waals surface area contributed by atoms with Crippen molar-refractivity contribution < 1.29 is 14.2 Å². The molecule has 0 aromatic heterocycles. The maximum atomic E-state index is 5.17. The second-order valence-electron chi connectivity index (χ2n) is 2.68. The Hall–Kier alpha value is -1.42. The molecule has 1 aromatic rings. The highest BCUT2D eigenvalue weighted by Crippen LogP contribution is 2.28. The quantitative estimate of drug-likeness (QED) is 0.729. The van der Waals surface area contributed by atoms with Crippen LogP contribution < -0.4 is 14.8 Å². The summed E-state index contributed by atoms with van der Waals surface area (Å²) >= 11 is 0. The molecule has 0 saturated heterocycles. The highest BCUT2D eigenvalue weighted by Gasteiger charge is 2.03. The molecule has 0 saturated carbocycles. The maximum Gasteiger partial charge on any atom is 0.142 e. The molecule has 0 heterocycles. The Labute approximate surface area is 83.8 Å². The van der Waals surface area contributed by atoms with Crippen LogP contribution in [0.1, 0.15) is 0 Å². The molecule has 0 spiro atoms. The normalized spacial score (nSPS) is 9.64. The van der Waals surface area contributed by atoms with Crippen molar-refractivity contribution in [2.45, 2.75) is 0 Å². The van der Waals surface area contributed by atoms with Gasteiger partial charge in [-0.2, -0.15) is 0 Å². The van der Waals surface area contributed by atoms with Gasteiger partial charge in [0, 0.05) is 13.2 Å². The molecule has 0 aliphatic rings. The van der Waals surface area contributed by atoms with Gasteiger partial charge in [-0.3, -0.25) is 0 Å². The van der Waals surface area contributed by atoms with Crippen molar-refractivity contribution in [1.29, 1.82) is 0 Å². The van der Waals surface area contributed by atoms with Gasteiger partial charge in [0.1, 0.15) is 18.2 Å². The molecular weight excluding hydrogens is 182 g/mol. The maximum absolute atomic E-state index is 5.17. The molecule has 0 amide bonds. The molecule has 0 radical (unpaired) electrons. The van der Waals surface area contributed by atoms with E-state index in [0.717, 1.165) is 17.2 Å². The van der Waals surface area contributed by atoms with Crippen LogP contribution in [-0.2, 0) is 4.74 Å². The van der Waals surface area contributed by atoms with Crippen molar-refractivity contribution in [2.75, 3.05) is 33.4 Å². The standard InChI is InChI=1S/C10H15NO3/c1-12-7-11-9-6-8(13-2)4-5-10(9)14-3/h4-6,11H,7H2,1-3H3. The van der Waals surface area contributed by atoms with Crippen LogP contribution in [0.4, 0.5) is 5.69 Å². The van der Waals surface area contributed by atoms with E-state index in [2.05, 4.69) is 5.32 Å². The third-order valence-corrected chi connectivity index (χ3v) is 1.81. The number of hydrogen-bond donors (Lipinski definition) is 1. The first-order chi connectivity index (χ1) is 6.81. The van der Waals surface area contributed by atoms with Gasteiger partial charge in [-0.15, -0.1) is 0 Å². The molecule has 4 nitrogen and oxygen atoms in total. The van der Waals surface area contributed by atoms with Crippen LogP contribution in [0.2, 0.25) is 0 Å². The van der Waals surface area contributed by atoms with E-state index < -0.39 is 0 Å². The van der Waals surface area contributed by atoms with Crippen LogP contribution in [0.5, 0.6) is 11.5 Å². The predicted octanol–water partition coefficient (Wildman–Crippen LogP) is 1.72. The lowest BCUT2D eigenvalue weighted by Gasteiger charge is -2.11. The lowest BCUT2D eigenvalue weighted by Crippen LogP contribution is -2.04. The SMILES string of the molecule is COCNc1cc(OC)ccc1OC. The Kier molecular flexibility index (Phi) is 4.07. The second-order valence-corrected chi connectivity index (χ2v) is 2.68. The lowest BCUT2D eigenvalue weighted by atomic mass is 10.3. The lowest BCUT2D eigenvalue weighted by molar-refractivity contribution is 0.221. The van der Waals surface area contributed by atoms with Crippen molar-refractivity contribution >= 4 is 5.69 Å². The van der Waals surface area contributed by atoms with E-state index in [4.69, 9.17) is 14.2 Å². The number of nitrogens with one attached hydrogen (secondary N) is 1. The number of anilines is 1. The van der Waals surface area contributed by atoms with E-state index >= 15 is 0 Å². The molecule has 0 unspecified atom stereocenters. The number of ether oxygens (including phenoxy) is 3. The Balaban J connectivity index is 2.84. The largest absolute Gasteiger partial charge is 0.497 e. The summed E-state index contributed by atoms with van der Waals surface area (Å²) in [5.41, 5.74) is 0.855. The highest BCUT2D eigenvalue weighted by atomic mass is 16.5. The summed E-state index contributed by atoms with van der Waals surface area (Å²) in [6.45, 7) is 0.434. The molecule has 4 heteroatoms. The minimum absolute atomic E-state index is 0.434. The summed E-state index contributed by atoms with van der Waals surface area (Å²) in [4.78, 5) is 0. The van der Waals surface area contributed by atoms with Gasteiger partial charge in [-0.25, -0.2) is 0 Å². The molecule has 14 heavy (non-hydrogen) atoms. The fourth-order valence-electron chi connectivity index (χ4n) is 1.10. The van der Waals surface area contributed by atoms with E-state index in [1.54, 1.807) is 21.3 Å². The van der Waals surface area contributed by atoms with Gasteiger partial charge in [0.05, 0.1) is 19.9 Å². The molecule has 0 atom stereocenters. The summed E-state index contributed by atoms with van der Waals surface area (Å²) < 4.78 is 15.2. The molecular formula is C10H15NO3. The summed E-state index contributed by atoms with van der Waals surface area (Å²) in [5.74, 6) is 1.55. The van der Waals surface area contributed by atoms with E-state index in [9.17, 15) is 0 Å². The Morgan fingerprint density at radius 3 is 2.50 bits per heavy atom. The zero-order valence-corrected chi connectivity index (χ0v) is 8.66. The minimum atomic E-state index is 0.434. The van der Waals surface area contributed by atoms with Crippen molar-refractivity contribution in [3.05, 3.63) is 18.2 Å². The van der Waals surface area contributed by atoms with Crippen LogP contribution in [-0.4, -0.2) is 28.1 Å². The monoisotopic (exact) mass is 197 g/mol. The summed E-state index contributed by atoms with van der Waals surface area (Å²) in [6.07, 6.45) is 0. The highest BCUT2D eigenvalue weighted by molar-refractivity contribution is 5.59. The molecule has 1 aromatic carbocycles. The van der Waals surface area contributed by atoms with Gasteiger partial charge in [-0.1, -0.05) is 0 Å². The number of methoxy groups -OCH3 is 3. The first kappa shape index (κ1) is 10.7. The van der Waals surface area contributed by atoms with Crippen molar-refractivity contribution in [1.82, 2.24) is 0 Å². The molecule has 0 aliphatic heterocycles. The molecule has 1 N–H and O–H groups in total. The third kappa shape index (κ3) is 2.53. The average Bonchev–Trinajstić information content (AvgIpc) is 2.25. The molecule has 1 rings (SSSR count). The molecule has 0 aliphatic carbocycles. The summed E-state index contributed by atoms with van der Waals surface area (Å²) in [6, 6.07) is 5.55. The van der Waals surface area contributed by atoms with Crippen LogP contribution in [0, 0.1) is 0 Å². The number of hydrogen-bond acceptors (Lipinski definition) is 4. The van der Waals surface area contributed by atoms with E-state index in [0.29, 0.717) is 6.73 Å². The molecule has 0 fully saturated rings. The first-order valence-electron chi connectivity index (χ1n) is 4.26. The zero-order valence-electron chi connectivity index (χ0n) is 8.66. The Morgan fingerprint density at radius 2 is 1.93 bits per heavy atom. The average molecular weight is 197 g/mol. The van der Waals surface area contributed by atoms with Gasteiger partial charge in [-0.05, 0) is 12.1 Å². The van der Waals surface area contributed by atoms with E-state index in [1.165, 1.54) is 0 Å². The number of rotatable bonds is 5. The second kappa shape index (κ2) is 5.34. The van der Waals surface area contributed by atoms with E-state index in [1.807, 2.05) is 18.2 Å². The van der Waals surface area contributed by atoms with Gasteiger partial charge >= 0.3 is 0 Å².